The van der Waals surface area contributed by atoms with E-state index in [0.29, 0.717) is 11.5 Å². The number of hydrogen-bond donors (Lipinski definition) is 1. The van der Waals surface area contributed by atoms with E-state index >= 15 is 0 Å². The molecule has 0 radical (unpaired) electrons. The summed E-state index contributed by atoms with van der Waals surface area (Å²) in [5.41, 5.74) is 6.89. The van der Waals surface area contributed by atoms with Crippen LogP contribution in [0.25, 0.3) is 0 Å². The topological polar surface area (TPSA) is 26.0 Å². The predicted octanol–water partition coefficient (Wildman–Crippen LogP) is 3.43. The van der Waals surface area contributed by atoms with Crippen molar-refractivity contribution in [1.29, 1.82) is 0 Å². The maximum Gasteiger partial charge on any atom is 0.00730 e. The Balaban J connectivity index is 1.53. The van der Waals surface area contributed by atoms with E-state index in [0.717, 1.165) is 29.6 Å². The van der Waals surface area contributed by atoms with Crippen LogP contribution in [-0.2, 0) is 0 Å². The van der Waals surface area contributed by atoms with E-state index < -0.39 is 0 Å². The van der Waals surface area contributed by atoms with Crippen LogP contribution in [-0.4, -0.2) is 6.04 Å². The Hall–Kier alpha value is -0.0400. The second-order valence-electron chi connectivity index (χ2n) is 7.83. The van der Waals surface area contributed by atoms with Crippen molar-refractivity contribution in [1.82, 2.24) is 0 Å². The molecule has 3 aliphatic carbocycles. The molecule has 5 atom stereocenters. The molecule has 16 heavy (non-hydrogen) atoms. The molecule has 2 N–H and O–H groups in total. The van der Waals surface area contributed by atoms with Crippen LogP contribution < -0.4 is 5.73 Å². The summed E-state index contributed by atoms with van der Waals surface area (Å²) in [6.45, 7) is 6.99. The molecule has 3 rings (SSSR count). The Morgan fingerprint density at radius 2 is 1.69 bits per heavy atom. The second kappa shape index (κ2) is 3.48. The molecule has 3 fully saturated rings. The molecular formula is C15H27N. The van der Waals surface area contributed by atoms with Crippen LogP contribution in [0.15, 0.2) is 0 Å². The minimum Gasteiger partial charge on any atom is -0.327 e. The highest BCUT2D eigenvalue weighted by molar-refractivity contribution is 5.15. The first-order valence-corrected chi connectivity index (χ1v) is 7.23. The van der Waals surface area contributed by atoms with Crippen molar-refractivity contribution in [3.63, 3.8) is 0 Å². The molecule has 0 aliphatic heterocycles. The Morgan fingerprint density at radius 1 is 1.12 bits per heavy atom. The van der Waals surface area contributed by atoms with Gasteiger partial charge in [0.05, 0.1) is 0 Å². The maximum atomic E-state index is 6.43. The Labute approximate surface area is 100 Å². The van der Waals surface area contributed by atoms with E-state index in [1.54, 1.807) is 6.42 Å². The van der Waals surface area contributed by atoms with Gasteiger partial charge in [0, 0.05) is 6.04 Å². The first-order valence-electron chi connectivity index (χ1n) is 7.23. The van der Waals surface area contributed by atoms with Gasteiger partial charge in [-0.15, -0.1) is 0 Å². The molecule has 0 aromatic heterocycles. The lowest BCUT2D eigenvalue weighted by Crippen LogP contribution is -2.27. The van der Waals surface area contributed by atoms with Crippen LogP contribution in [0.2, 0.25) is 0 Å². The van der Waals surface area contributed by atoms with Crippen molar-refractivity contribution >= 4 is 0 Å². The third kappa shape index (κ3) is 1.72. The molecule has 1 heteroatoms. The normalized spacial score (nSPS) is 46.9. The number of fused-ring (bicyclic) bond motifs is 5. The molecule has 0 amide bonds. The van der Waals surface area contributed by atoms with Crippen molar-refractivity contribution in [3.8, 4) is 0 Å². The van der Waals surface area contributed by atoms with E-state index in [1.807, 2.05) is 0 Å². The first kappa shape index (κ1) is 11.1. The van der Waals surface area contributed by atoms with Gasteiger partial charge in [-0.25, -0.2) is 0 Å². The minimum atomic E-state index is 0.459. The number of rotatable bonds is 3. The van der Waals surface area contributed by atoms with Gasteiger partial charge in [0.2, 0.25) is 0 Å². The van der Waals surface area contributed by atoms with E-state index in [1.165, 1.54) is 25.7 Å². The predicted molar refractivity (Wildman–Crippen MR) is 68.0 cm³/mol. The number of hydrogen-bond acceptors (Lipinski definition) is 1. The summed E-state index contributed by atoms with van der Waals surface area (Å²) >= 11 is 0. The first-order chi connectivity index (χ1) is 7.47. The van der Waals surface area contributed by atoms with Crippen molar-refractivity contribution in [2.75, 3.05) is 0 Å². The van der Waals surface area contributed by atoms with Crippen LogP contribution in [0.1, 0.15) is 52.9 Å². The summed E-state index contributed by atoms with van der Waals surface area (Å²) in [5, 5.41) is 0. The molecule has 0 spiro atoms. The average molecular weight is 221 g/mol. The Morgan fingerprint density at radius 3 is 2.19 bits per heavy atom. The highest BCUT2D eigenvalue weighted by atomic mass is 14.8. The zero-order valence-electron chi connectivity index (χ0n) is 11.1. The fraction of sp³-hybridized carbons (Fsp3) is 1.00. The minimum absolute atomic E-state index is 0.459. The largest absolute Gasteiger partial charge is 0.327 e. The highest BCUT2D eigenvalue weighted by Gasteiger charge is 2.65. The lowest BCUT2D eigenvalue weighted by atomic mass is 9.86. The number of nitrogens with two attached hydrogens (primary N) is 1. The second-order valence-corrected chi connectivity index (χ2v) is 7.83. The van der Waals surface area contributed by atoms with E-state index in [-0.39, 0.29) is 0 Å². The molecule has 0 aromatic rings. The smallest absolute Gasteiger partial charge is 0.00730 e. The van der Waals surface area contributed by atoms with Crippen molar-refractivity contribution < 1.29 is 0 Å². The SMILES string of the molecule is CC(C)(C)CCC(N)C1C2C3CCC(C3)C12. The molecule has 0 heterocycles. The van der Waals surface area contributed by atoms with Gasteiger partial charge >= 0.3 is 0 Å². The molecule has 92 valence electrons. The lowest BCUT2D eigenvalue weighted by Gasteiger charge is -2.22. The van der Waals surface area contributed by atoms with Gasteiger partial charge in [-0.1, -0.05) is 20.8 Å². The molecule has 3 aliphatic rings. The van der Waals surface area contributed by atoms with Crippen LogP contribution in [0.5, 0.6) is 0 Å². The molecule has 0 saturated heterocycles. The van der Waals surface area contributed by atoms with Crippen LogP contribution in [0.4, 0.5) is 0 Å². The lowest BCUT2D eigenvalue weighted by molar-refractivity contribution is 0.318. The van der Waals surface area contributed by atoms with Gasteiger partial charge in [0.15, 0.2) is 0 Å². The van der Waals surface area contributed by atoms with Gasteiger partial charge in [-0.05, 0) is 67.1 Å². The average Bonchev–Trinajstić information content (AvgIpc) is 2.63. The fourth-order valence-corrected chi connectivity index (χ4v) is 4.76. The molecule has 3 saturated carbocycles. The third-order valence-electron chi connectivity index (χ3n) is 5.52. The zero-order valence-corrected chi connectivity index (χ0v) is 11.1. The van der Waals surface area contributed by atoms with E-state index in [4.69, 9.17) is 5.73 Å². The van der Waals surface area contributed by atoms with Crippen LogP contribution in [0, 0.1) is 35.0 Å². The summed E-state index contributed by atoms with van der Waals surface area (Å²) < 4.78 is 0. The summed E-state index contributed by atoms with van der Waals surface area (Å²) in [6.07, 6.45) is 7.14. The fourth-order valence-electron chi connectivity index (χ4n) is 4.76. The standard InChI is InChI=1S/C15H27N/c1-15(2,3)7-6-11(16)14-12-9-4-5-10(8-9)13(12)14/h9-14H,4-8,16H2,1-3H3. The van der Waals surface area contributed by atoms with E-state index in [9.17, 15) is 0 Å². The van der Waals surface area contributed by atoms with Gasteiger partial charge in [0.25, 0.3) is 0 Å². The molecule has 2 bridgehead atoms. The van der Waals surface area contributed by atoms with Crippen molar-refractivity contribution in [3.05, 3.63) is 0 Å². The highest BCUT2D eigenvalue weighted by Crippen LogP contribution is 2.70. The molecule has 0 aromatic carbocycles. The van der Waals surface area contributed by atoms with Crippen LogP contribution in [0.3, 0.4) is 0 Å². The summed E-state index contributed by atoms with van der Waals surface area (Å²) in [4.78, 5) is 0. The van der Waals surface area contributed by atoms with Crippen molar-refractivity contribution in [2.45, 2.75) is 58.9 Å². The Kier molecular flexibility index (Phi) is 2.41. The quantitative estimate of drug-likeness (QED) is 0.776. The maximum absolute atomic E-state index is 6.43. The van der Waals surface area contributed by atoms with Crippen molar-refractivity contribution in [2.24, 2.45) is 40.7 Å². The monoisotopic (exact) mass is 221 g/mol. The zero-order chi connectivity index (χ0) is 11.5. The van der Waals surface area contributed by atoms with Crippen LogP contribution >= 0.6 is 0 Å². The Bertz CT molecular complexity index is 262. The van der Waals surface area contributed by atoms with Gasteiger partial charge in [0.1, 0.15) is 0 Å². The molecule has 5 unspecified atom stereocenters. The molecule has 1 nitrogen and oxygen atoms in total. The summed E-state index contributed by atoms with van der Waals surface area (Å²) in [6, 6.07) is 0.512. The summed E-state index contributed by atoms with van der Waals surface area (Å²) in [5.74, 6) is 5.22. The summed E-state index contributed by atoms with van der Waals surface area (Å²) in [7, 11) is 0. The van der Waals surface area contributed by atoms with Gasteiger partial charge in [-0.3, -0.25) is 0 Å². The van der Waals surface area contributed by atoms with Gasteiger partial charge in [-0.2, -0.15) is 0 Å². The molecular weight excluding hydrogens is 194 g/mol. The van der Waals surface area contributed by atoms with E-state index in [2.05, 4.69) is 20.8 Å². The van der Waals surface area contributed by atoms with Gasteiger partial charge < -0.3 is 5.73 Å². The third-order valence-corrected chi connectivity index (χ3v) is 5.52.